The lowest BCUT2D eigenvalue weighted by atomic mass is 10.2. The van der Waals surface area contributed by atoms with Crippen LogP contribution in [0.2, 0.25) is 0 Å². The lowest BCUT2D eigenvalue weighted by Crippen LogP contribution is -2.47. The average Bonchev–Trinajstić information content (AvgIpc) is 2.76. The van der Waals surface area contributed by atoms with Crippen molar-refractivity contribution in [3.05, 3.63) is 72.2 Å². The SMILES string of the molecule is O=C(Nc1ccc(F)cc1F)c1ccc(N2CCN(c3ncccn3)CC2)nc1. The van der Waals surface area contributed by atoms with Crippen LogP contribution in [0, 0.1) is 11.6 Å². The van der Waals surface area contributed by atoms with Gasteiger partial charge in [0.25, 0.3) is 5.91 Å². The Hall–Kier alpha value is -3.62. The van der Waals surface area contributed by atoms with Crippen LogP contribution < -0.4 is 15.1 Å². The van der Waals surface area contributed by atoms with E-state index in [4.69, 9.17) is 0 Å². The topological polar surface area (TPSA) is 74.2 Å². The van der Waals surface area contributed by atoms with Gasteiger partial charge in [0.1, 0.15) is 17.5 Å². The van der Waals surface area contributed by atoms with Crippen molar-refractivity contribution >= 4 is 23.4 Å². The van der Waals surface area contributed by atoms with Crippen LogP contribution in [-0.2, 0) is 0 Å². The first kappa shape index (κ1) is 18.7. The number of halogens is 2. The number of carbonyl (C=O) groups excluding carboxylic acids is 1. The molecule has 0 bridgehead atoms. The fourth-order valence-corrected chi connectivity index (χ4v) is 3.08. The van der Waals surface area contributed by atoms with E-state index >= 15 is 0 Å². The first-order chi connectivity index (χ1) is 14.1. The van der Waals surface area contributed by atoms with Gasteiger partial charge < -0.3 is 15.1 Å². The van der Waals surface area contributed by atoms with Gasteiger partial charge in [0.2, 0.25) is 5.95 Å². The molecule has 0 aliphatic carbocycles. The molecule has 0 atom stereocenters. The summed E-state index contributed by atoms with van der Waals surface area (Å²) in [6, 6.07) is 8.15. The number of piperazine rings is 1. The number of carbonyl (C=O) groups is 1. The van der Waals surface area contributed by atoms with Gasteiger partial charge in [-0.25, -0.2) is 23.7 Å². The molecular weight excluding hydrogens is 378 g/mol. The highest BCUT2D eigenvalue weighted by Crippen LogP contribution is 2.18. The van der Waals surface area contributed by atoms with Gasteiger partial charge in [-0.05, 0) is 30.3 Å². The number of pyridine rings is 1. The molecule has 3 aromatic rings. The highest BCUT2D eigenvalue weighted by molar-refractivity contribution is 6.04. The number of nitrogens with zero attached hydrogens (tertiary/aromatic N) is 5. The Bertz CT molecular complexity index is 992. The molecule has 0 unspecified atom stereocenters. The van der Waals surface area contributed by atoms with Crippen molar-refractivity contribution in [1.29, 1.82) is 0 Å². The first-order valence-corrected chi connectivity index (χ1v) is 9.09. The molecule has 3 heterocycles. The van der Waals surface area contributed by atoms with Gasteiger partial charge in [0.15, 0.2) is 0 Å². The molecule has 9 heteroatoms. The number of anilines is 3. The normalized spacial score (nSPS) is 14.0. The Morgan fingerprint density at radius 1 is 0.931 bits per heavy atom. The minimum Gasteiger partial charge on any atom is -0.353 e. The zero-order chi connectivity index (χ0) is 20.2. The molecule has 4 rings (SSSR count). The summed E-state index contributed by atoms with van der Waals surface area (Å²) in [6.45, 7) is 3.02. The Kier molecular flexibility index (Phi) is 5.28. The van der Waals surface area contributed by atoms with E-state index in [0.717, 1.165) is 44.1 Å². The van der Waals surface area contributed by atoms with Crippen molar-refractivity contribution < 1.29 is 13.6 Å². The van der Waals surface area contributed by atoms with Crippen molar-refractivity contribution in [2.45, 2.75) is 0 Å². The zero-order valence-corrected chi connectivity index (χ0v) is 15.4. The van der Waals surface area contributed by atoms with Gasteiger partial charge in [0.05, 0.1) is 11.3 Å². The number of aromatic nitrogens is 3. The molecule has 0 spiro atoms. The lowest BCUT2D eigenvalue weighted by Gasteiger charge is -2.35. The third-order valence-corrected chi connectivity index (χ3v) is 4.63. The Morgan fingerprint density at radius 3 is 2.31 bits per heavy atom. The molecule has 1 aromatic carbocycles. The largest absolute Gasteiger partial charge is 0.353 e. The number of nitrogens with one attached hydrogen (secondary N) is 1. The summed E-state index contributed by atoms with van der Waals surface area (Å²) < 4.78 is 26.7. The zero-order valence-electron chi connectivity index (χ0n) is 15.4. The molecule has 1 fully saturated rings. The molecule has 29 heavy (non-hydrogen) atoms. The molecule has 1 aliphatic heterocycles. The number of hydrogen-bond acceptors (Lipinski definition) is 6. The molecular formula is C20H18F2N6O. The summed E-state index contributed by atoms with van der Waals surface area (Å²) in [5.74, 6) is -0.586. The molecule has 0 saturated carbocycles. The van der Waals surface area contributed by atoms with Crippen LogP contribution in [0.1, 0.15) is 10.4 Å². The van der Waals surface area contributed by atoms with Crippen LogP contribution in [-0.4, -0.2) is 47.0 Å². The summed E-state index contributed by atoms with van der Waals surface area (Å²) in [4.78, 5) is 29.4. The van der Waals surface area contributed by atoms with E-state index in [1.54, 1.807) is 30.6 Å². The molecule has 1 aliphatic rings. The Labute approximate surface area is 166 Å². The Morgan fingerprint density at radius 2 is 1.66 bits per heavy atom. The number of hydrogen-bond donors (Lipinski definition) is 1. The summed E-state index contributed by atoms with van der Waals surface area (Å²) in [6.07, 6.45) is 4.88. The predicted molar refractivity (Wildman–Crippen MR) is 105 cm³/mol. The molecule has 1 N–H and O–H groups in total. The second-order valence-corrected chi connectivity index (χ2v) is 6.51. The van der Waals surface area contributed by atoms with Gasteiger partial charge in [-0.1, -0.05) is 0 Å². The molecule has 1 saturated heterocycles. The van der Waals surface area contributed by atoms with E-state index in [2.05, 4.69) is 30.1 Å². The summed E-state index contributed by atoms with van der Waals surface area (Å²) in [5.41, 5.74) is 0.202. The molecule has 7 nitrogen and oxygen atoms in total. The highest BCUT2D eigenvalue weighted by Gasteiger charge is 2.20. The van der Waals surface area contributed by atoms with E-state index in [1.165, 1.54) is 12.3 Å². The predicted octanol–water partition coefficient (Wildman–Crippen LogP) is 2.73. The Balaban J connectivity index is 1.37. The summed E-state index contributed by atoms with van der Waals surface area (Å²) >= 11 is 0. The van der Waals surface area contributed by atoms with Gasteiger partial charge in [-0.2, -0.15) is 0 Å². The summed E-state index contributed by atoms with van der Waals surface area (Å²) in [5, 5.41) is 2.42. The molecule has 148 valence electrons. The van der Waals surface area contributed by atoms with E-state index in [1.807, 2.05) is 0 Å². The van der Waals surface area contributed by atoms with Crippen LogP contribution in [0.25, 0.3) is 0 Å². The second kappa shape index (κ2) is 8.17. The van der Waals surface area contributed by atoms with Gasteiger partial charge >= 0.3 is 0 Å². The van der Waals surface area contributed by atoms with Crippen LogP contribution >= 0.6 is 0 Å². The smallest absolute Gasteiger partial charge is 0.257 e. The minimum atomic E-state index is -0.830. The lowest BCUT2D eigenvalue weighted by molar-refractivity contribution is 0.102. The van der Waals surface area contributed by atoms with Gasteiger partial charge in [0, 0.05) is 50.8 Å². The fraction of sp³-hybridized carbons (Fsp3) is 0.200. The first-order valence-electron chi connectivity index (χ1n) is 9.09. The minimum absolute atomic E-state index is 0.0836. The molecule has 0 radical (unpaired) electrons. The van der Waals surface area contributed by atoms with Crippen molar-refractivity contribution in [3.63, 3.8) is 0 Å². The maximum atomic E-state index is 13.7. The highest BCUT2D eigenvalue weighted by atomic mass is 19.1. The standard InChI is InChI=1S/C20H18F2N6O/c21-15-3-4-17(16(22)12-15)26-19(29)14-2-5-18(25-13-14)27-8-10-28(11-9-27)20-23-6-1-7-24-20/h1-7,12-13H,8-11H2,(H,26,29). The van der Waals surface area contributed by atoms with Crippen molar-refractivity contribution in [2.24, 2.45) is 0 Å². The van der Waals surface area contributed by atoms with Crippen molar-refractivity contribution in [2.75, 3.05) is 41.3 Å². The third kappa shape index (κ3) is 4.29. The number of rotatable bonds is 4. The van der Waals surface area contributed by atoms with Crippen LogP contribution in [0.4, 0.5) is 26.2 Å². The van der Waals surface area contributed by atoms with Gasteiger partial charge in [-0.15, -0.1) is 0 Å². The fourth-order valence-electron chi connectivity index (χ4n) is 3.08. The second-order valence-electron chi connectivity index (χ2n) is 6.51. The summed E-state index contributed by atoms with van der Waals surface area (Å²) in [7, 11) is 0. The van der Waals surface area contributed by atoms with E-state index < -0.39 is 17.5 Å². The van der Waals surface area contributed by atoms with Crippen LogP contribution in [0.5, 0.6) is 0 Å². The maximum absolute atomic E-state index is 13.7. The van der Waals surface area contributed by atoms with Crippen LogP contribution in [0.15, 0.2) is 55.0 Å². The van der Waals surface area contributed by atoms with Gasteiger partial charge in [-0.3, -0.25) is 4.79 Å². The number of benzene rings is 1. The molecule has 1 amide bonds. The quantitative estimate of drug-likeness (QED) is 0.731. The molecule has 2 aromatic heterocycles. The van der Waals surface area contributed by atoms with E-state index in [-0.39, 0.29) is 11.3 Å². The monoisotopic (exact) mass is 396 g/mol. The third-order valence-electron chi connectivity index (χ3n) is 4.63. The average molecular weight is 396 g/mol. The van der Waals surface area contributed by atoms with E-state index in [9.17, 15) is 13.6 Å². The van der Waals surface area contributed by atoms with Crippen molar-refractivity contribution in [3.8, 4) is 0 Å². The van der Waals surface area contributed by atoms with E-state index in [0.29, 0.717) is 5.95 Å². The van der Waals surface area contributed by atoms with Crippen molar-refractivity contribution in [1.82, 2.24) is 15.0 Å². The number of amides is 1. The van der Waals surface area contributed by atoms with Crippen LogP contribution in [0.3, 0.4) is 0 Å². The maximum Gasteiger partial charge on any atom is 0.257 e.